The first-order valence-electron chi connectivity index (χ1n) is 28.4. The van der Waals surface area contributed by atoms with Crippen molar-refractivity contribution in [2.75, 3.05) is 57.0 Å². The first-order chi connectivity index (χ1) is 40.6. The minimum Gasteiger partial charge on any atom is -0.495 e. The summed E-state index contributed by atoms with van der Waals surface area (Å²) in [5, 5.41) is 25.6. The summed E-state index contributed by atoms with van der Waals surface area (Å²) >= 11 is 10.0. The number of primary amides is 1. The van der Waals surface area contributed by atoms with E-state index in [1.165, 1.54) is 52.3 Å². The van der Waals surface area contributed by atoms with Crippen LogP contribution in [0.4, 0.5) is 21.0 Å². The number of hydrogen-bond donors (Lipinski definition) is 7. The summed E-state index contributed by atoms with van der Waals surface area (Å²) in [6, 6.07) is 4.99. The van der Waals surface area contributed by atoms with Crippen molar-refractivity contribution in [2.24, 2.45) is 17.6 Å². The number of amides is 8. The predicted octanol–water partition coefficient (Wildman–Crippen LogP) is 5.90. The minimum absolute atomic E-state index is 0.00805. The lowest BCUT2D eigenvalue weighted by Crippen LogP contribution is -2.63. The SMILES string of the molecule is C=C(CBr)C(=O)OCCCCCC(=O)N[C@H](C(=O)N[C@@H](CCCNC(N)=O)C(=O)Nc1ccccc1C(=O)N(C)[C@@H](C)C(=O)O[C@H]1CC(=O)N(C)c2cc(cc(OC)c2Cl)C/C(C)=C/C=C/[C@@H](OC)[C@@]2(O)C[C@H](OC(=O)N2)[C@@H](C)[C@@H]2O[C@@]12C)C(C)C. The lowest BCUT2D eigenvalue weighted by atomic mass is 9.83. The van der Waals surface area contributed by atoms with Crippen molar-refractivity contribution in [3.05, 3.63) is 88.5 Å². The lowest BCUT2D eigenvalue weighted by Gasteiger charge is -2.42. The van der Waals surface area contributed by atoms with Crippen molar-refractivity contribution in [2.45, 2.75) is 153 Å². The maximum Gasteiger partial charge on any atom is 0.409 e. The highest BCUT2D eigenvalue weighted by molar-refractivity contribution is 9.09. The zero-order valence-electron chi connectivity index (χ0n) is 50.4. The number of rotatable bonds is 24. The molecular formula is C60H82BrClN8O16. The fourth-order valence-electron chi connectivity index (χ4n) is 10.1. The molecule has 26 heteroatoms. The molecule has 24 nitrogen and oxygen atoms in total. The van der Waals surface area contributed by atoms with Gasteiger partial charge in [-0.3, -0.25) is 29.3 Å². The van der Waals surface area contributed by atoms with Crippen LogP contribution in [0.2, 0.25) is 5.02 Å². The average Bonchev–Trinajstić information content (AvgIpc) is 1.71. The Morgan fingerprint density at radius 2 is 1.74 bits per heavy atom. The second-order valence-electron chi connectivity index (χ2n) is 22.3. The van der Waals surface area contributed by atoms with E-state index in [9.17, 15) is 48.3 Å². The highest BCUT2D eigenvalue weighted by Gasteiger charge is 2.64. The zero-order chi connectivity index (χ0) is 63.8. The second kappa shape index (κ2) is 31.5. The quantitative estimate of drug-likeness (QED) is 0.0161. The fraction of sp³-hybridized carbons (Fsp3) is 0.550. The molecule has 0 unspecified atom stereocenters. The third-order valence-corrected chi connectivity index (χ3v) is 16.5. The number of anilines is 2. The van der Waals surface area contributed by atoms with Gasteiger partial charge >= 0.3 is 24.1 Å². The van der Waals surface area contributed by atoms with Crippen LogP contribution in [0, 0.1) is 11.8 Å². The van der Waals surface area contributed by atoms with E-state index in [2.05, 4.69) is 49.1 Å². The highest BCUT2D eigenvalue weighted by atomic mass is 79.9. The highest BCUT2D eigenvalue weighted by Crippen LogP contribution is 2.49. The number of alkyl carbamates (subject to hydrolysis) is 1. The van der Waals surface area contributed by atoms with Crippen molar-refractivity contribution < 1.29 is 76.7 Å². The topological polar surface area (TPSA) is 325 Å². The summed E-state index contributed by atoms with van der Waals surface area (Å²) in [7, 11) is 5.71. The number of halogens is 2. The normalized spacial score (nSPS) is 24.1. The number of nitrogens with zero attached hydrogens (tertiary/aromatic N) is 2. The first-order valence-corrected chi connectivity index (χ1v) is 29.9. The molecule has 472 valence electrons. The van der Waals surface area contributed by atoms with Gasteiger partial charge in [-0.25, -0.2) is 19.2 Å². The molecule has 8 amide bonds. The molecule has 0 aliphatic carbocycles. The van der Waals surface area contributed by atoms with Gasteiger partial charge in [0, 0.05) is 57.4 Å². The summed E-state index contributed by atoms with van der Waals surface area (Å²) in [6.45, 7) is 13.9. The summed E-state index contributed by atoms with van der Waals surface area (Å²) in [6.07, 6.45) is 1.58. The number of carbonyl (C=O) groups is 9. The van der Waals surface area contributed by atoms with Crippen LogP contribution < -0.4 is 42.0 Å². The number of ether oxygens (including phenoxy) is 6. The Kier molecular flexibility index (Phi) is 25.6. The predicted molar refractivity (Wildman–Crippen MR) is 323 cm³/mol. The van der Waals surface area contributed by atoms with Crippen LogP contribution in [0.3, 0.4) is 0 Å². The summed E-state index contributed by atoms with van der Waals surface area (Å²) in [4.78, 5) is 124. The lowest BCUT2D eigenvalue weighted by molar-refractivity contribution is -0.158. The Balaban J connectivity index is 1.36. The number of hydrogen-bond acceptors (Lipinski definition) is 16. The Bertz CT molecular complexity index is 2910. The number of unbranched alkanes of at least 4 members (excludes halogenated alkanes) is 2. The number of benzene rings is 2. The van der Waals surface area contributed by atoms with Crippen molar-refractivity contribution in [1.29, 1.82) is 0 Å². The largest absolute Gasteiger partial charge is 0.495 e. The second-order valence-corrected chi connectivity index (χ2v) is 23.3. The number of esters is 2. The molecule has 0 saturated carbocycles. The van der Waals surface area contributed by atoms with E-state index in [0.717, 1.165) is 16.0 Å². The number of nitrogens with one attached hydrogen (secondary N) is 5. The third-order valence-electron chi connectivity index (χ3n) is 15.5. The Hall–Kier alpha value is -7.06. The molecular weight excluding hydrogens is 1200 g/mol. The number of nitrogens with two attached hydrogens (primary N) is 1. The standard InChI is InChI=1S/C60H82BrClN8O16/c1-33(2)50(67-47(71)24-13-12-16-26-83-55(76)35(4)32-61)53(74)66-41(22-18-25-64-57(63)78)52(73)65-40-21-15-14-20-39(40)54(75)69(8)37(6)56(77)85-46-30-48(72)70(9)42-28-38(29-43(81-10)49(42)62)27-34(3)19-17-23-45(82-11)60(80)31-44(84-58(79)68-60)36(5)51-59(46,7)86-51/h14-15,17,19-21,23,28-29,33,36-37,41,44-46,50-51,80H,4,12-13,16,18,22,24-27,30-32H2,1-3,5-11H3,(H,65,73)(H,66,74)(H,67,71)(H,68,79)(H3,63,64,78)/b23-17+,34-19+/t36-,37+,41+,44+,45-,46+,50+,51+,59+,60+/m1/s1. The zero-order valence-corrected chi connectivity index (χ0v) is 52.7. The van der Waals surface area contributed by atoms with E-state index < -0.39 is 126 Å². The van der Waals surface area contributed by atoms with Gasteiger partial charge in [-0.1, -0.05) is 90.8 Å². The molecule has 3 aliphatic heterocycles. The van der Waals surface area contributed by atoms with E-state index in [1.807, 2.05) is 13.0 Å². The van der Waals surface area contributed by atoms with E-state index in [1.54, 1.807) is 64.1 Å². The first kappa shape index (κ1) is 69.7. The Morgan fingerprint density at radius 3 is 2.41 bits per heavy atom. The van der Waals surface area contributed by atoms with Crippen molar-refractivity contribution in [3.8, 4) is 5.75 Å². The van der Waals surface area contributed by atoms with E-state index in [4.69, 9.17) is 45.8 Å². The number of para-hydroxylation sites is 1. The summed E-state index contributed by atoms with van der Waals surface area (Å²) < 4.78 is 34.8. The molecule has 2 aromatic carbocycles. The maximum absolute atomic E-state index is 14.6. The molecule has 4 bridgehead atoms. The molecule has 3 aliphatic rings. The van der Waals surface area contributed by atoms with Crippen LogP contribution in [-0.2, 0) is 58.9 Å². The number of urea groups is 1. The Labute approximate surface area is 515 Å². The number of fused-ring (bicyclic) bond motifs is 5. The van der Waals surface area contributed by atoms with Crippen LogP contribution >= 0.6 is 27.5 Å². The van der Waals surface area contributed by atoms with Crippen LogP contribution in [0.25, 0.3) is 0 Å². The van der Waals surface area contributed by atoms with Crippen LogP contribution in [0.5, 0.6) is 5.75 Å². The van der Waals surface area contributed by atoms with E-state index >= 15 is 0 Å². The molecule has 8 N–H and O–H groups in total. The smallest absolute Gasteiger partial charge is 0.409 e. The van der Waals surface area contributed by atoms with Gasteiger partial charge in [-0.2, -0.15) is 0 Å². The van der Waals surface area contributed by atoms with Gasteiger partial charge in [0.05, 0.1) is 43.2 Å². The van der Waals surface area contributed by atoms with Gasteiger partial charge in [-0.05, 0) is 95.0 Å². The van der Waals surface area contributed by atoms with Crippen molar-refractivity contribution in [1.82, 2.24) is 26.2 Å². The molecule has 5 rings (SSSR count). The molecule has 2 saturated heterocycles. The van der Waals surface area contributed by atoms with E-state index in [-0.39, 0.29) is 66.0 Å². The van der Waals surface area contributed by atoms with Gasteiger partial charge in [0.25, 0.3) is 5.91 Å². The Morgan fingerprint density at radius 1 is 1.03 bits per heavy atom. The van der Waals surface area contributed by atoms with Gasteiger partial charge in [0.2, 0.25) is 23.6 Å². The maximum atomic E-state index is 14.6. The molecule has 2 fully saturated rings. The number of aliphatic hydroxyl groups is 1. The van der Waals surface area contributed by atoms with Gasteiger partial charge in [0.15, 0.2) is 5.72 Å². The molecule has 86 heavy (non-hydrogen) atoms. The van der Waals surface area contributed by atoms with Crippen LogP contribution in [0.1, 0.15) is 109 Å². The third kappa shape index (κ3) is 18.5. The molecule has 2 aromatic rings. The van der Waals surface area contributed by atoms with Gasteiger partial charge in [-0.15, -0.1) is 0 Å². The minimum atomic E-state index is -1.93. The summed E-state index contributed by atoms with van der Waals surface area (Å²) in [5.74, 6) is -5.37. The van der Waals surface area contributed by atoms with Crippen molar-refractivity contribution in [3.63, 3.8) is 0 Å². The number of carbonyl (C=O) groups excluding carboxylic acids is 9. The van der Waals surface area contributed by atoms with Crippen molar-refractivity contribution >= 4 is 92.5 Å². The molecule has 0 aromatic heterocycles. The monoisotopic (exact) mass is 1280 g/mol. The fourth-order valence-corrected chi connectivity index (χ4v) is 10.6. The molecule has 0 spiro atoms. The average molecular weight is 1290 g/mol. The number of epoxide rings is 1. The van der Waals surface area contributed by atoms with E-state index in [0.29, 0.717) is 37.1 Å². The molecule has 10 atom stereocenters. The van der Waals surface area contributed by atoms with Gasteiger partial charge < -0.3 is 70.3 Å². The summed E-state index contributed by atoms with van der Waals surface area (Å²) in [5.41, 5.74) is 4.07. The molecule has 0 radical (unpaired) electrons. The van der Waals surface area contributed by atoms with Crippen LogP contribution in [-0.4, -0.2) is 164 Å². The molecule has 3 heterocycles. The van der Waals surface area contributed by atoms with Gasteiger partial charge in [0.1, 0.15) is 52.8 Å². The number of allylic oxidation sites excluding steroid dienone is 3. The number of methoxy groups -OCH3 is 2. The van der Waals surface area contributed by atoms with Crippen LogP contribution in [0.15, 0.2) is 72.4 Å². The number of alkyl halides is 1. The number of likely N-dealkylation sites (N-methyl/N-ethyl adjacent to an activating group) is 1.